The summed E-state index contributed by atoms with van der Waals surface area (Å²) in [7, 11) is 4.00. The molecule has 1 atom stereocenters. The van der Waals surface area contributed by atoms with Crippen LogP contribution in [0.25, 0.3) is 0 Å². The van der Waals surface area contributed by atoms with E-state index < -0.39 is 12.0 Å². The molecule has 0 saturated carbocycles. The molecule has 5 heteroatoms. The summed E-state index contributed by atoms with van der Waals surface area (Å²) in [5.41, 5.74) is 2.22. The number of rotatable bonds is 4. The van der Waals surface area contributed by atoms with Gasteiger partial charge in [-0.3, -0.25) is 9.59 Å². The van der Waals surface area contributed by atoms with Crippen LogP contribution in [0.2, 0.25) is 0 Å². The molecule has 0 fully saturated rings. The average Bonchev–Trinajstić information content (AvgIpc) is 2.61. The highest BCUT2D eigenvalue weighted by Crippen LogP contribution is 2.05. The molecule has 0 heterocycles. The van der Waals surface area contributed by atoms with Crippen molar-refractivity contribution in [3.63, 3.8) is 0 Å². The molecule has 0 aliphatic rings. The van der Waals surface area contributed by atoms with Gasteiger partial charge in [-0.1, -0.05) is 30.0 Å². The van der Waals surface area contributed by atoms with E-state index in [1.165, 1.54) is 0 Å². The van der Waals surface area contributed by atoms with Crippen LogP contribution in [-0.4, -0.2) is 37.1 Å². The highest BCUT2D eigenvalue weighted by atomic mass is 16.4. The fraction of sp³-hybridized carbons (Fsp3) is 0.238. The van der Waals surface area contributed by atoms with E-state index in [0.717, 1.165) is 11.1 Å². The molecule has 0 aliphatic heterocycles. The van der Waals surface area contributed by atoms with E-state index in [1.807, 2.05) is 49.7 Å². The molecule has 0 radical (unpaired) electrons. The normalized spacial score (nSPS) is 10.4. The Hall–Kier alpha value is -3.10. The van der Waals surface area contributed by atoms with E-state index in [4.69, 9.17) is 5.11 Å². The van der Waals surface area contributed by atoms with Crippen molar-refractivity contribution in [1.82, 2.24) is 5.32 Å². The predicted molar refractivity (Wildman–Crippen MR) is 102 cm³/mol. The first-order valence-corrected chi connectivity index (χ1v) is 8.40. The SMILES string of the molecule is CC(CC(=O)O)NC(=O)c1ccc(C#Cc2ccccc2)cc1.C[NH2+]C. The molecule has 5 nitrogen and oxygen atoms in total. The third-order valence-electron chi connectivity index (χ3n) is 3.13. The van der Waals surface area contributed by atoms with Crippen LogP contribution in [0.1, 0.15) is 34.8 Å². The molecule has 2 aromatic rings. The van der Waals surface area contributed by atoms with Gasteiger partial charge in [0.2, 0.25) is 0 Å². The highest BCUT2D eigenvalue weighted by Gasteiger charge is 2.12. The summed E-state index contributed by atoms with van der Waals surface area (Å²) in [6, 6.07) is 16.1. The molecule has 1 amide bonds. The molecule has 2 aromatic carbocycles. The second-order valence-corrected chi connectivity index (χ2v) is 5.74. The van der Waals surface area contributed by atoms with Gasteiger partial charge in [-0.15, -0.1) is 0 Å². The lowest BCUT2D eigenvalue weighted by Crippen LogP contribution is -2.74. The lowest BCUT2D eigenvalue weighted by Gasteiger charge is -2.11. The van der Waals surface area contributed by atoms with Crippen LogP contribution < -0.4 is 10.6 Å². The van der Waals surface area contributed by atoms with Crippen LogP contribution >= 0.6 is 0 Å². The second kappa shape index (κ2) is 11.5. The molecule has 4 N–H and O–H groups in total. The van der Waals surface area contributed by atoms with E-state index in [1.54, 1.807) is 31.2 Å². The maximum atomic E-state index is 12.0. The molecule has 1 unspecified atom stereocenters. The van der Waals surface area contributed by atoms with Crippen molar-refractivity contribution >= 4 is 11.9 Å². The van der Waals surface area contributed by atoms with Crippen molar-refractivity contribution < 1.29 is 20.0 Å². The Morgan fingerprint density at radius 1 is 1.00 bits per heavy atom. The highest BCUT2D eigenvalue weighted by molar-refractivity contribution is 5.94. The molecule has 136 valence electrons. The number of nitrogens with two attached hydrogens (primary N) is 1. The summed E-state index contributed by atoms with van der Waals surface area (Å²) in [5.74, 6) is 4.85. The third-order valence-corrected chi connectivity index (χ3v) is 3.13. The molecule has 2 rings (SSSR count). The summed E-state index contributed by atoms with van der Waals surface area (Å²) in [6.45, 7) is 1.66. The molecular weight excluding hydrogens is 328 g/mol. The summed E-state index contributed by atoms with van der Waals surface area (Å²) < 4.78 is 0. The smallest absolute Gasteiger partial charge is 0.305 e. The Balaban J connectivity index is 0.00000105. The first-order valence-electron chi connectivity index (χ1n) is 8.40. The van der Waals surface area contributed by atoms with Gasteiger partial charge >= 0.3 is 5.97 Å². The predicted octanol–water partition coefficient (Wildman–Crippen LogP) is 1.49. The topological polar surface area (TPSA) is 83.0 Å². The molecule has 26 heavy (non-hydrogen) atoms. The number of hydrogen-bond donors (Lipinski definition) is 3. The Kier molecular flexibility index (Phi) is 9.23. The zero-order valence-corrected chi connectivity index (χ0v) is 15.3. The minimum Gasteiger partial charge on any atom is -0.481 e. The van der Waals surface area contributed by atoms with Crippen molar-refractivity contribution in [2.45, 2.75) is 19.4 Å². The Morgan fingerprint density at radius 3 is 2.00 bits per heavy atom. The van der Waals surface area contributed by atoms with Gasteiger partial charge in [0.25, 0.3) is 5.91 Å². The van der Waals surface area contributed by atoms with Gasteiger partial charge in [-0.25, -0.2) is 0 Å². The number of quaternary nitrogens is 1. The van der Waals surface area contributed by atoms with Gasteiger partial charge < -0.3 is 15.7 Å². The summed E-state index contributed by atoms with van der Waals surface area (Å²) >= 11 is 0. The minimum atomic E-state index is -0.940. The van der Waals surface area contributed by atoms with Gasteiger partial charge in [0, 0.05) is 22.7 Å². The first kappa shape index (κ1) is 20.9. The Bertz CT molecular complexity index is 759. The summed E-state index contributed by atoms with van der Waals surface area (Å²) in [5, 5.41) is 13.3. The summed E-state index contributed by atoms with van der Waals surface area (Å²) in [6.07, 6.45) is -0.105. The van der Waals surface area contributed by atoms with Crippen molar-refractivity contribution in [1.29, 1.82) is 0 Å². The van der Waals surface area contributed by atoms with Crippen LogP contribution in [0.3, 0.4) is 0 Å². The number of carboxylic acid groups (broad SMARTS) is 1. The monoisotopic (exact) mass is 353 g/mol. The largest absolute Gasteiger partial charge is 0.481 e. The van der Waals surface area contributed by atoms with Gasteiger partial charge in [0.05, 0.1) is 20.5 Å². The molecule has 0 spiro atoms. The lowest BCUT2D eigenvalue weighted by atomic mass is 10.1. The number of carboxylic acids is 1. The lowest BCUT2D eigenvalue weighted by molar-refractivity contribution is -0.597. The third kappa shape index (κ3) is 8.13. The van der Waals surface area contributed by atoms with E-state index in [9.17, 15) is 9.59 Å². The van der Waals surface area contributed by atoms with E-state index in [2.05, 4.69) is 17.2 Å². The molecule has 0 aromatic heterocycles. The fourth-order valence-corrected chi connectivity index (χ4v) is 1.99. The molecule has 0 aliphatic carbocycles. The van der Waals surface area contributed by atoms with Crippen LogP contribution in [0, 0.1) is 11.8 Å². The van der Waals surface area contributed by atoms with Crippen LogP contribution in [-0.2, 0) is 4.79 Å². The Labute approximate surface area is 154 Å². The number of nitrogens with one attached hydrogen (secondary N) is 1. The van der Waals surface area contributed by atoms with Crippen molar-refractivity contribution in [3.05, 3.63) is 71.3 Å². The van der Waals surface area contributed by atoms with E-state index >= 15 is 0 Å². The van der Waals surface area contributed by atoms with Gasteiger partial charge in [-0.2, -0.15) is 0 Å². The molecule has 0 saturated heterocycles. The zero-order valence-electron chi connectivity index (χ0n) is 15.3. The van der Waals surface area contributed by atoms with E-state index in [0.29, 0.717) is 5.56 Å². The van der Waals surface area contributed by atoms with Crippen molar-refractivity contribution in [3.8, 4) is 11.8 Å². The van der Waals surface area contributed by atoms with Gasteiger partial charge in [0.1, 0.15) is 0 Å². The number of hydrogen-bond acceptors (Lipinski definition) is 2. The number of carbonyl (C=O) groups is 2. The van der Waals surface area contributed by atoms with Crippen LogP contribution in [0.15, 0.2) is 54.6 Å². The van der Waals surface area contributed by atoms with Crippen molar-refractivity contribution in [2.24, 2.45) is 0 Å². The van der Waals surface area contributed by atoms with Crippen LogP contribution in [0.4, 0.5) is 0 Å². The number of carbonyl (C=O) groups excluding carboxylic acids is 1. The summed E-state index contributed by atoms with van der Waals surface area (Å²) in [4.78, 5) is 22.6. The molecule has 0 bridgehead atoms. The number of benzene rings is 2. The fourth-order valence-electron chi connectivity index (χ4n) is 1.99. The first-order chi connectivity index (χ1) is 12.5. The maximum absolute atomic E-state index is 12.0. The minimum absolute atomic E-state index is 0.105. The Morgan fingerprint density at radius 2 is 1.50 bits per heavy atom. The number of amides is 1. The zero-order chi connectivity index (χ0) is 19.4. The average molecular weight is 353 g/mol. The second-order valence-electron chi connectivity index (χ2n) is 5.74. The standard InChI is InChI=1S/C19H17NO3.C2H7N/c1-14(13-18(21)22)20-19(23)17-11-9-16(10-12-17)8-7-15-5-3-2-4-6-15;1-3-2/h2-6,9-12,14H,13H2,1H3,(H,20,23)(H,21,22);3H,1-2H3/p+1. The molecular formula is C21H25N2O3+. The van der Waals surface area contributed by atoms with E-state index in [-0.39, 0.29) is 12.3 Å². The quantitative estimate of drug-likeness (QED) is 0.728. The van der Waals surface area contributed by atoms with Crippen LogP contribution in [0.5, 0.6) is 0 Å². The van der Waals surface area contributed by atoms with Crippen molar-refractivity contribution in [2.75, 3.05) is 14.1 Å². The van der Waals surface area contributed by atoms with Gasteiger partial charge in [0.15, 0.2) is 0 Å². The maximum Gasteiger partial charge on any atom is 0.305 e. The van der Waals surface area contributed by atoms with Gasteiger partial charge in [-0.05, 0) is 43.3 Å². The number of aliphatic carboxylic acids is 1.